The van der Waals surface area contributed by atoms with Crippen molar-refractivity contribution in [1.82, 2.24) is 9.21 Å². The molecule has 1 aromatic rings. The van der Waals surface area contributed by atoms with E-state index < -0.39 is 10.0 Å². The molecule has 1 atom stereocenters. The molecule has 1 aromatic carbocycles. The first-order valence-corrected chi connectivity index (χ1v) is 9.35. The summed E-state index contributed by atoms with van der Waals surface area (Å²) in [6, 6.07) is 6.38. The highest BCUT2D eigenvalue weighted by Crippen LogP contribution is 2.24. The second-order valence-electron chi connectivity index (χ2n) is 6.15. The quantitative estimate of drug-likeness (QED) is 0.809. The van der Waals surface area contributed by atoms with E-state index in [1.165, 1.54) is 10.4 Å². The van der Waals surface area contributed by atoms with Crippen molar-refractivity contribution in [3.05, 3.63) is 29.8 Å². The van der Waals surface area contributed by atoms with E-state index in [-0.39, 0.29) is 10.8 Å². The lowest BCUT2D eigenvalue weighted by Crippen LogP contribution is -2.42. The first-order valence-electron chi connectivity index (χ1n) is 7.91. The molecule has 0 unspecified atom stereocenters. The first-order chi connectivity index (χ1) is 11.0. The maximum atomic E-state index is 12.6. The molecule has 126 valence electrons. The lowest BCUT2D eigenvalue weighted by molar-refractivity contribution is 0.0775. The minimum atomic E-state index is -3.46. The van der Waals surface area contributed by atoms with Crippen LogP contribution in [0.2, 0.25) is 0 Å². The zero-order valence-electron chi connectivity index (χ0n) is 13.3. The molecule has 2 aliphatic heterocycles. The molecule has 2 aliphatic rings. The lowest BCUT2D eigenvalue weighted by Gasteiger charge is -2.29. The van der Waals surface area contributed by atoms with Crippen LogP contribution in [0.5, 0.6) is 0 Å². The molecule has 23 heavy (non-hydrogen) atoms. The highest BCUT2D eigenvalue weighted by molar-refractivity contribution is 7.89. The van der Waals surface area contributed by atoms with E-state index in [1.807, 2.05) is 0 Å². The van der Waals surface area contributed by atoms with E-state index in [4.69, 9.17) is 4.74 Å². The third-order valence-corrected chi connectivity index (χ3v) is 6.40. The van der Waals surface area contributed by atoms with Crippen LogP contribution < -0.4 is 0 Å². The van der Waals surface area contributed by atoms with Gasteiger partial charge >= 0.3 is 0 Å². The molecule has 0 saturated carbocycles. The summed E-state index contributed by atoms with van der Waals surface area (Å²) >= 11 is 0. The van der Waals surface area contributed by atoms with E-state index in [2.05, 4.69) is 0 Å². The Morgan fingerprint density at radius 1 is 1.30 bits per heavy atom. The van der Waals surface area contributed by atoms with Crippen molar-refractivity contribution < 1.29 is 17.9 Å². The van der Waals surface area contributed by atoms with Gasteiger partial charge in [0.25, 0.3) is 5.91 Å². The molecule has 2 heterocycles. The maximum Gasteiger partial charge on any atom is 0.253 e. The molecule has 3 rings (SSSR count). The van der Waals surface area contributed by atoms with Gasteiger partial charge in [0.15, 0.2) is 0 Å². The van der Waals surface area contributed by atoms with E-state index >= 15 is 0 Å². The molecule has 7 heteroatoms. The van der Waals surface area contributed by atoms with E-state index in [0.29, 0.717) is 44.3 Å². The zero-order valence-corrected chi connectivity index (χ0v) is 14.1. The molecule has 2 fully saturated rings. The minimum absolute atomic E-state index is 0.107. The Hall–Kier alpha value is -1.44. The smallest absolute Gasteiger partial charge is 0.253 e. The summed E-state index contributed by atoms with van der Waals surface area (Å²) in [5.74, 6) is 0.251. The minimum Gasteiger partial charge on any atom is -0.384 e. The zero-order chi connectivity index (χ0) is 16.4. The summed E-state index contributed by atoms with van der Waals surface area (Å²) in [5, 5.41) is 0. The van der Waals surface area contributed by atoms with Crippen LogP contribution in [0.15, 0.2) is 29.2 Å². The molecule has 6 nitrogen and oxygen atoms in total. The molecule has 0 bridgehead atoms. The molecule has 0 radical (unpaired) electrons. The van der Waals surface area contributed by atoms with Gasteiger partial charge in [-0.3, -0.25) is 4.79 Å². The van der Waals surface area contributed by atoms with Crippen LogP contribution in [0, 0.1) is 5.92 Å². The van der Waals surface area contributed by atoms with Crippen LogP contribution in [-0.2, 0) is 14.8 Å². The fourth-order valence-corrected chi connectivity index (χ4v) is 4.60. The van der Waals surface area contributed by atoms with Crippen LogP contribution in [0.1, 0.15) is 23.2 Å². The van der Waals surface area contributed by atoms with Gasteiger partial charge in [0.05, 0.1) is 11.5 Å². The highest BCUT2D eigenvalue weighted by Gasteiger charge is 2.31. The number of benzene rings is 1. The van der Waals surface area contributed by atoms with Crippen molar-refractivity contribution >= 4 is 15.9 Å². The number of methoxy groups -OCH3 is 1. The average Bonchev–Trinajstić information content (AvgIpc) is 2.93. The standard InChI is InChI=1S/C16H22N2O4S/c1-22-12-13-6-9-17(11-13)16(19)14-4-2-5-15(10-14)23(20,21)18-7-3-8-18/h2,4-5,10,13H,3,6-9,11-12H2,1H3/t13-/m1/s1. The number of ether oxygens (including phenoxy) is 1. The Bertz CT molecular complexity index is 685. The third kappa shape index (κ3) is 3.27. The number of hydrogen-bond acceptors (Lipinski definition) is 4. The predicted octanol–water partition coefficient (Wildman–Crippen LogP) is 1.19. The van der Waals surface area contributed by atoms with Crippen molar-refractivity contribution in [2.24, 2.45) is 5.92 Å². The first kappa shape index (κ1) is 16.4. The molecule has 0 aromatic heterocycles. The normalized spacial score (nSPS) is 22.1. The van der Waals surface area contributed by atoms with Gasteiger partial charge in [-0.15, -0.1) is 0 Å². The summed E-state index contributed by atoms with van der Waals surface area (Å²) < 4.78 is 31.5. The number of sulfonamides is 1. The number of hydrogen-bond donors (Lipinski definition) is 0. The van der Waals surface area contributed by atoms with Gasteiger partial charge in [0.2, 0.25) is 10.0 Å². The molecule has 2 saturated heterocycles. The summed E-state index contributed by atoms with van der Waals surface area (Å²) in [5.41, 5.74) is 0.435. The van der Waals surface area contributed by atoms with Gasteiger partial charge in [0.1, 0.15) is 0 Å². The van der Waals surface area contributed by atoms with Gasteiger partial charge in [-0.1, -0.05) is 6.07 Å². The predicted molar refractivity (Wildman–Crippen MR) is 85.7 cm³/mol. The maximum absolute atomic E-state index is 12.6. The molecular weight excluding hydrogens is 316 g/mol. The fourth-order valence-electron chi connectivity index (χ4n) is 3.04. The summed E-state index contributed by atoms with van der Waals surface area (Å²) in [6.45, 7) is 3.12. The highest BCUT2D eigenvalue weighted by atomic mass is 32.2. The monoisotopic (exact) mass is 338 g/mol. The van der Waals surface area contributed by atoms with Gasteiger partial charge in [-0.05, 0) is 31.0 Å². The van der Waals surface area contributed by atoms with Crippen molar-refractivity contribution in [2.45, 2.75) is 17.7 Å². The lowest BCUT2D eigenvalue weighted by atomic mass is 10.1. The molecule has 0 spiro atoms. The number of carbonyl (C=O) groups excluding carboxylic acids is 1. The Kier molecular flexibility index (Phi) is 4.70. The van der Waals surface area contributed by atoms with Crippen LogP contribution >= 0.6 is 0 Å². The third-order valence-electron chi connectivity index (χ3n) is 4.51. The van der Waals surface area contributed by atoms with Crippen molar-refractivity contribution in [3.63, 3.8) is 0 Å². The molecule has 0 aliphatic carbocycles. The topological polar surface area (TPSA) is 66.9 Å². The Morgan fingerprint density at radius 3 is 2.74 bits per heavy atom. The number of rotatable bonds is 5. The SMILES string of the molecule is COC[C@@H]1CCN(C(=O)c2cccc(S(=O)(=O)N3CCC3)c2)C1. The van der Waals surface area contributed by atoms with Crippen molar-refractivity contribution in [3.8, 4) is 0 Å². The van der Waals surface area contributed by atoms with E-state index in [9.17, 15) is 13.2 Å². The summed E-state index contributed by atoms with van der Waals surface area (Å²) in [7, 11) is -1.80. The van der Waals surface area contributed by atoms with E-state index in [0.717, 1.165) is 12.8 Å². The molecule has 1 amide bonds. The summed E-state index contributed by atoms with van der Waals surface area (Å²) in [4.78, 5) is 14.6. The van der Waals surface area contributed by atoms with Gasteiger partial charge in [0, 0.05) is 44.8 Å². The van der Waals surface area contributed by atoms with Gasteiger partial charge in [-0.2, -0.15) is 4.31 Å². The number of amides is 1. The van der Waals surface area contributed by atoms with Crippen LogP contribution in [0.3, 0.4) is 0 Å². The van der Waals surface area contributed by atoms with Gasteiger partial charge in [-0.25, -0.2) is 8.42 Å². The van der Waals surface area contributed by atoms with Crippen LogP contribution in [-0.4, -0.2) is 63.4 Å². The number of likely N-dealkylation sites (tertiary alicyclic amines) is 1. The largest absolute Gasteiger partial charge is 0.384 e. The number of carbonyl (C=O) groups is 1. The number of nitrogens with zero attached hydrogens (tertiary/aromatic N) is 2. The van der Waals surface area contributed by atoms with Gasteiger partial charge < -0.3 is 9.64 Å². The summed E-state index contributed by atoms with van der Waals surface area (Å²) in [6.07, 6.45) is 1.82. The van der Waals surface area contributed by atoms with Crippen LogP contribution in [0.4, 0.5) is 0 Å². The van der Waals surface area contributed by atoms with E-state index in [1.54, 1.807) is 30.2 Å². The Labute approximate surface area is 137 Å². The Morgan fingerprint density at radius 2 is 2.09 bits per heavy atom. The second kappa shape index (κ2) is 6.59. The van der Waals surface area contributed by atoms with Crippen LogP contribution in [0.25, 0.3) is 0 Å². The second-order valence-corrected chi connectivity index (χ2v) is 8.08. The molecule has 0 N–H and O–H groups in total. The molecular formula is C16H22N2O4S. The fraction of sp³-hybridized carbons (Fsp3) is 0.562. The van der Waals surface area contributed by atoms with Crippen molar-refractivity contribution in [1.29, 1.82) is 0 Å². The Balaban J connectivity index is 1.76. The van der Waals surface area contributed by atoms with Crippen molar-refractivity contribution in [2.75, 3.05) is 39.9 Å². The average molecular weight is 338 g/mol.